The summed E-state index contributed by atoms with van der Waals surface area (Å²) in [5.74, 6) is 1.54. The Morgan fingerprint density at radius 1 is 1.33 bits per heavy atom. The molecule has 2 aromatic heterocycles. The molecule has 15 heavy (non-hydrogen) atoms. The average Bonchev–Trinajstić information content (AvgIpc) is 2.58. The van der Waals surface area contributed by atoms with Crippen LogP contribution in [-0.2, 0) is 7.05 Å². The van der Waals surface area contributed by atoms with Crippen molar-refractivity contribution in [1.82, 2.24) is 19.7 Å². The molecule has 2 rings (SSSR count). The first-order valence-corrected chi connectivity index (χ1v) is 4.72. The Hall–Kier alpha value is -1.91. The Morgan fingerprint density at radius 3 is 2.80 bits per heavy atom. The number of hydrogen-bond acceptors (Lipinski definition) is 4. The van der Waals surface area contributed by atoms with Crippen LogP contribution in [0.15, 0.2) is 18.5 Å². The van der Waals surface area contributed by atoms with E-state index in [0.29, 0.717) is 0 Å². The van der Waals surface area contributed by atoms with E-state index in [1.807, 2.05) is 33.2 Å². The molecule has 0 saturated heterocycles. The van der Waals surface area contributed by atoms with Gasteiger partial charge in [-0.05, 0) is 13.8 Å². The number of hydrogen-bond donors (Lipinski definition) is 1. The summed E-state index contributed by atoms with van der Waals surface area (Å²) in [5, 5.41) is 7.34. The maximum Gasteiger partial charge on any atom is 0.153 e. The number of anilines is 2. The quantitative estimate of drug-likeness (QED) is 0.805. The summed E-state index contributed by atoms with van der Waals surface area (Å²) in [4.78, 5) is 8.58. The summed E-state index contributed by atoms with van der Waals surface area (Å²) >= 11 is 0. The highest BCUT2D eigenvalue weighted by atomic mass is 15.3. The van der Waals surface area contributed by atoms with Crippen molar-refractivity contribution in [3.8, 4) is 0 Å². The summed E-state index contributed by atoms with van der Waals surface area (Å²) in [7, 11) is 1.87. The van der Waals surface area contributed by atoms with Gasteiger partial charge in [-0.25, -0.2) is 4.98 Å². The van der Waals surface area contributed by atoms with Gasteiger partial charge in [0.05, 0.1) is 11.4 Å². The van der Waals surface area contributed by atoms with Gasteiger partial charge in [-0.2, -0.15) is 5.10 Å². The van der Waals surface area contributed by atoms with Gasteiger partial charge in [-0.1, -0.05) is 0 Å². The van der Waals surface area contributed by atoms with Crippen molar-refractivity contribution < 1.29 is 0 Å². The van der Waals surface area contributed by atoms with Crippen molar-refractivity contribution in [1.29, 1.82) is 0 Å². The second-order valence-corrected chi connectivity index (χ2v) is 3.45. The van der Waals surface area contributed by atoms with Gasteiger partial charge in [0.2, 0.25) is 0 Å². The molecule has 0 unspecified atom stereocenters. The van der Waals surface area contributed by atoms with Crippen LogP contribution < -0.4 is 5.32 Å². The van der Waals surface area contributed by atoms with Gasteiger partial charge in [0.25, 0.3) is 0 Å². The fourth-order valence-electron chi connectivity index (χ4n) is 1.26. The fourth-order valence-corrected chi connectivity index (χ4v) is 1.26. The van der Waals surface area contributed by atoms with Gasteiger partial charge in [0.15, 0.2) is 11.6 Å². The Bertz CT molecular complexity index is 474. The van der Waals surface area contributed by atoms with Crippen molar-refractivity contribution in [2.24, 2.45) is 7.05 Å². The summed E-state index contributed by atoms with van der Waals surface area (Å²) in [6.07, 6.45) is 3.62. The minimum absolute atomic E-state index is 0.758. The molecular weight excluding hydrogens is 190 g/mol. The lowest BCUT2D eigenvalue weighted by molar-refractivity contribution is 0.771. The standard InChI is InChI=1S/C10H13N5/c1-7-6-11-8(2)10(12-7)13-9-4-5-15(3)14-9/h4-6H,1-3H3,(H,12,13,14). The molecule has 0 bridgehead atoms. The first-order valence-electron chi connectivity index (χ1n) is 4.72. The van der Waals surface area contributed by atoms with Crippen LogP contribution in [0.2, 0.25) is 0 Å². The number of nitrogens with one attached hydrogen (secondary N) is 1. The van der Waals surface area contributed by atoms with Crippen molar-refractivity contribution in [2.45, 2.75) is 13.8 Å². The molecule has 2 heterocycles. The zero-order valence-electron chi connectivity index (χ0n) is 9.02. The summed E-state index contributed by atoms with van der Waals surface area (Å²) < 4.78 is 1.74. The van der Waals surface area contributed by atoms with Crippen molar-refractivity contribution in [2.75, 3.05) is 5.32 Å². The monoisotopic (exact) mass is 203 g/mol. The third-order valence-corrected chi connectivity index (χ3v) is 2.04. The maximum atomic E-state index is 4.35. The van der Waals surface area contributed by atoms with E-state index < -0.39 is 0 Å². The highest BCUT2D eigenvalue weighted by molar-refractivity contribution is 5.53. The van der Waals surface area contributed by atoms with E-state index >= 15 is 0 Å². The van der Waals surface area contributed by atoms with Crippen LogP contribution in [-0.4, -0.2) is 19.7 Å². The lowest BCUT2D eigenvalue weighted by Crippen LogP contribution is -2.01. The van der Waals surface area contributed by atoms with E-state index in [0.717, 1.165) is 23.0 Å². The molecule has 5 nitrogen and oxygen atoms in total. The molecule has 78 valence electrons. The summed E-state index contributed by atoms with van der Waals surface area (Å²) in [5.41, 5.74) is 1.75. The number of rotatable bonds is 2. The molecule has 0 aliphatic carbocycles. The van der Waals surface area contributed by atoms with E-state index in [4.69, 9.17) is 0 Å². The Balaban J connectivity index is 2.27. The van der Waals surface area contributed by atoms with Crippen LogP contribution in [0.3, 0.4) is 0 Å². The maximum absolute atomic E-state index is 4.35. The molecule has 0 amide bonds. The second-order valence-electron chi connectivity index (χ2n) is 3.45. The third-order valence-electron chi connectivity index (χ3n) is 2.04. The third kappa shape index (κ3) is 2.12. The molecule has 5 heteroatoms. The van der Waals surface area contributed by atoms with Gasteiger partial charge in [0.1, 0.15) is 0 Å². The largest absolute Gasteiger partial charge is 0.322 e. The zero-order valence-corrected chi connectivity index (χ0v) is 9.02. The molecular formula is C10H13N5. The van der Waals surface area contributed by atoms with Crippen molar-refractivity contribution in [3.63, 3.8) is 0 Å². The zero-order chi connectivity index (χ0) is 10.8. The topological polar surface area (TPSA) is 55.6 Å². The van der Waals surface area contributed by atoms with E-state index in [9.17, 15) is 0 Å². The Labute approximate surface area is 88.2 Å². The molecule has 0 radical (unpaired) electrons. The summed E-state index contributed by atoms with van der Waals surface area (Å²) in [6.45, 7) is 3.83. The normalized spacial score (nSPS) is 10.3. The van der Waals surface area contributed by atoms with Gasteiger partial charge >= 0.3 is 0 Å². The first kappa shape index (κ1) is 9.64. The van der Waals surface area contributed by atoms with Gasteiger partial charge in [0, 0.05) is 25.5 Å². The van der Waals surface area contributed by atoms with Crippen LogP contribution in [0.25, 0.3) is 0 Å². The molecule has 0 aromatic carbocycles. The molecule has 2 aromatic rings. The van der Waals surface area contributed by atoms with Crippen LogP contribution in [0.4, 0.5) is 11.6 Å². The predicted octanol–water partition coefficient (Wildman–Crippen LogP) is 1.57. The second kappa shape index (κ2) is 3.68. The molecule has 0 aliphatic rings. The minimum Gasteiger partial charge on any atom is -0.322 e. The molecule has 0 atom stereocenters. The fraction of sp³-hybridized carbons (Fsp3) is 0.300. The molecule has 0 fully saturated rings. The molecule has 0 aliphatic heterocycles. The van der Waals surface area contributed by atoms with Crippen LogP contribution >= 0.6 is 0 Å². The SMILES string of the molecule is Cc1cnc(C)c(Nc2ccn(C)n2)n1. The summed E-state index contributed by atoms with van der Waals surface area (Å²) in [6, 6.07) is 1.89. The lowest BCUT2D eigenvalue weighted by atomic mass is 10.4. The van der Waals surface area contributed by atoms with E-state index in [1.165, 1.54) is 0 Å². The highest BCUT2D eigenvalue weighted by Gasteiger charge is 2.03. The smallest absolute Gasteiger partial charge is 0.153 e. The number of aryl methyl sites for hydroxylation is 3. The van der Waals surface area contributed by atoms with E-state index in [1.54, 1.807) is 10.9 Å². The molecule has 0 spiro atoms. The Kier molecular flexibility index (Phi) is 2.37. The predicted molar refractivity (Wildman–Crippen MR) is 58.0 cm³/mol. The highest BCUT2D eigenvalue weighted by Crippen LogP contribution is 2.14. The molecule has 0 saturated carbocycles. The van der Waals surface area contributed by atoms with Crippen LogP contribution in [0.1, 0.15) is 11.4 Å². The van der Waals surface area contributed by atoms with Gasteiger partial charge in [-0.3, -0.25) is 9.67 Å². The van der Waals surface area contributed by atoms with Crippen LogP contribution in [0.5, 0.6) is 0 Å². The molecule has 1 N–H and O–H groups in total. The number of aromatic nitrogens is 4. The average molecular weight is 203 g/mol. The van der Waals surface area contributed by atoms with Crippen molar-refractivity contribution in [3.05, 3.63) is 29.8 Å². The van der Waals surface area contributed by atoms with E-state index in [-0.39, 0.29) is 0 Å². The Morgan fingerprint density at radius 2 is 2.13 bits per heavy atom. The van der Waals surface area contributed by atoms with Gasteiger partial charge < -0.3 is 5.32 Å². The number of nitrogens with zero attached hydrogens (tertiary/aromatic N) is 4. The first-order chi connectivity index (χ1) is 7.15. The van der Waals surface area contributed by atoms with Crippen molar-refractivity contribution >= 4 is 11.6 Å². The minimum atomic E-state index is 0.758. The lowest BCUT2D eigenvalue weighted by Gasteiger charge is -2.05. The van der Waals surface area contributed by atoms with E-state index in [2.05, 4.69) is 20.4 Å². The van der Waals surface area contributed by atoms with Gasteiger partial charge in [-0.15, -0.1) is 0 Å². The van der Waals surface area contributed by atoms with Crippen LogP contribution in [0, 0.1) is 13.8 Å².